The predicted molar refractivity (Wildman–Crippen MR) is 117 cm³/mol. The maximum atomic E-state index is 12.6. The largest absolute Gasteiger partial charge is 0.467 e. The molecule has 0 saturated carbocycles. The van der Waals surface area contributed by atoms with Gasteiger partial charge in [0.15, 0.2) is 11.0 Å². The summed E-state index contributed by atoms with van der Waals surface area (Å²) >= 11 is 1.43. The molecule has 0 aliphatic heterocycles. The van der Waals surface area contributed by atoms with Crippen molar-refractivity contribution < 1.29 is 14.1 Å². The number of carbonyl (C=O) groups is 1. The highest BCUT2D eigenvalue weighted by Crippen LogP contribution is 2.26. The monoisotopic (exact) mass is 428 g/mol. The van der Waals surface area contributed by atoms with E-state index in [1.165, 1.54) is 22.2 Å². The Kier molecular flexibility index (Phi) is 7.70. The minimum Gasteiger partial charge on any atom is -0.467 e. The van der Waals surface area contributed by atoms with E-state index < -0.39 is 0 Å². The molecule has 0 saturated heterocycles. The molecule has 1 amide bonds. The molecule has 2 aromatic heterocycles. The first kappa shape index (κ1) is 22.1. The van der Waals surface area contributed by atoms with Crippen LogP contribution in [0.4, 0.5) is 0 Å². The molecule has 0 radical (unpaired) electrons. The number of furan rings is 1. The van der Waals surface area contributed by atoms with Crippen LogP contribution in [-0.4, -0.2) is 40.0 Å². The van der Waals surface area contributed by atoms with Gasteiger partial charge >= 0.3 is 0 Å². The van der Waals surface area contributed by atoms with Gasteiger partial charge in [0.2, 0.25) is 5.91 Å². The van der Waals surface area contributed by atoms with Gasteiger partial charge in [0.1, 0.15) is 11.8 Å². The van der Waals surface area contributed by atoms with Crippen LogP contribution in [0.1, 0.15) is 43.5 Å². The number of thioether (sulfide) groups is 1. The van der Waals surface area contributed by atoms with Crippen LogP contribution in [0.15, 0.2) is 58.3 Å². The zero-order chi connectivity index (χ0) is 21.5. The second-order valence-electron chi connectivity index (χ2n) is 7.51. The van der Waals surface area contributed by atoms with Crippen molar-refractivity contribution in [2.24, 2.45) is 0 Å². The van der Waals surface area contributed by atoms with Crippen molar-refractivity contribution >= 4 is 17.7 Å². The third-order valence-corrected chi connectivity index (χ3v) is 6.09. The first-order valence-corrected chi connectivity index (χ1v) is 11.1. The molecule has 1 aromatic carbocycles. The van der Waals surface area contributed by atoms with Crippen LogP contribution in [-0.2, 0) is 17.9 Å². The molecule has 7 nitrogen and oxygen atoms in total. The minimum atomic E-state index is -0.307. The molecule has 0 fully saturated rings. The van der Waals surface area contributed by atoms with Crippen molar-refractivity contribution in [2.45, 2.75) is 49.8 Å². The van der Waals surface area contributed by atoms with Crippen LogP contribution in [0, 0.1) is 0 Å². The number of carbonyl (C=O) groups excluding carboxylic acids is 1. The van der Waals surface area contributed by atoms with E-state index in [1.54, 1.807) is 6.26 Å². The van der Waals surface area contributed by atoms with E-state index in [0.717, 1.165) is 23.2 Å². The Balaban J connectivity index is 1.78. The maximum Gasteiger partial charge on any atom is 0.233 e. The van der Waals surface area contributed by atoms with E-state index in [-0.39, 0.29) is 17.2 Å². The molecule has 2 atom stereocenters. The van der Waals surface area contributed by atoms with Crippen molar-refractivity contribution in [3.05, 3.63) is 65.9 Å². The molecule has 0 bridgehead atoms. The van der Waals surface area contributed by atoms with E-state index in [4.69, 9.17) is 4.42 Å². The molecule has 0 aliphatic carbocycles. The summed E-state index contributed by atoms with van der Waals surface area (Å²) in [4.78, 5) is 13.9. The van der Waals surface area contributed by atoms with Gasteiger partial charge < -0.3 is 14.6 Å². The lowest BCUT2D eigenvalue weighted by atomic mass is 10.2. The predicted octanol–water partition coefficient (Wildman–Crippen LogP) is 2.31. The maximum absolute atomic E-state index is 12.6. The summed E-state index contributed by atoms with van der Waals surface area (Å²) in [5.41, 5.74) is 1.18. The zero-order valence-corrected chi connectivity index (χ0v) is 18.8. The average molecular weight is 429 g/mol. The van der Waals surface area contributed by atoms with E-state index in [9.17, 15) is 4.79 Å². The summed E-state index contributed by atoms with van der Waals surface area (Å²) in [6.45, 7) is 5.10. The first-order chi connectivity index (χ1) is 14.5. The van der Waals surface area contributed by atoms with Crippen LogP contribution in [0.25, 0.3) is 0 Å². The number of hydrogen-bond donors (Lipinski definition) is 2. The van der Waals surface area contributed by atoms with Crippen LogP contribution in [0.2, 0.25) is 0 Å². The Morgan fingerprint density at radius 2 is 1.97 bits per heavy atom. The van der Waals surface area contributed by atoms with Crippen LogP contribution < -0.4 is 10.2 Å². The number of nitrogens with zero attached hydrogens (tertiary/aromatic N) is 3. The fraction of sp³-hybridized carbons (Fsp3) is 0.409. The summed E-state index contributed by atoms with van der Waals surface area (Å²) in [6.07, 6.45) is 2.56. The molecule has 2 N–H and O–H groups in total. The molecule has 0 aliphatic rings. The molecule has 3 rings (SSSR count). The zero-order valence-electron chi connectivity index (χ0n) is 18.0. The molecule has 2 heterocycles. The van der Waals surface area contributed by atoms with E-state index >= 15 is 0 Å². The summed E-state index contributed by atoms with van der Waals surface area (Å²) in [5, 5.41) is 12.4. The number of nitrogens with one attached hydrogen (secondary N) is 2. The standard InChI is InChI=1S/C22H29N5O2S/c1-5-19(26(3)4)20-24-25-22(27(20)15-17-10-7-6-8-11-17)30-16(2)21(28)23-14-18-12-9-13-29-18/h6-13,16,19H,5,14-15H2,1-4H3,(H,23,28)/p+1/t16-,19-/m1/s1. The van der Waals surface area contributed by atoms with Gasteiger partial charge in [0.05, 0.1) is 38.7 Å². The Morgan fingerprint density at radius 3 is 2.60 bits per heavy atom. The number of hydrogen-bond acceptors (Lipinski definition) is 5. The second-order valence-corrected chi connectivity index (χ2v) is 8.82. The van der Waals surface area contributed by atoms with Crippen molar-refractivity contribution in [1.82, 2.24) is 20.1 Å². The molecular weight excluding hydrogens is 398 g/mol. The van der Waals surface area contributed by atoms with E-state index in [1.807, 2.05) is 37.3 Å². The van der Waals surface area contributed by atoms with Gasteiger partial charge in [-0.25, -0.2) is 0 Å². The SMILES string of the molecule is CC[C@H](c1nnc(S[C@H](C)C(=O)NCc2ccco2)n1Cc1ccccc1)[NH+](C)C. The molecule has 0 unspecified atom stereocenters. The van der Waals surface area contributed by atoms with Gasteiger partial charge in [-0.1, -0.05) is 49.0 Å². The van der Waals surface area contributed by atoms with Gasteiger partial charge in [-0.3, -0.25) is 9.36 Å². The van der Waals surface area contributed by atoms with Crippen molar-refractivity contribution in [2.75, 3.05) is 14.1 Å². The smallest absolute Gasteiger partial charge is 0.233 e. The minimum absolute atomic E-state index is 0.0579. The highest BCUT2D eigenvalue weighted by atomic mass is 32.2. The van der Waals surface area contributed by atoms with Gasteiger partial charge in [-0.05, 0) is 24.6 Å². The molecule has 3 aromatic rings. The Labute approximate surface area is 181 Å². The van der Waals surface area contributed by atoms with Crippen LogP contribution >= 0.6 is 11.8 Å². The fourth-order valence-corrected chi connectivity index (χ4v) is 4.23. The average Bonchev–Trinajstić information content (AvgIpc) is 3.39. The molecule has 30 heavy (non-hydrogen) atoms. The lowest BCUT2D eigenvalue weighted by molar-refractivity contribution is -0.893. The highest BCUT2D eigenvalue weighted by Gasteiger charge is 2.27. The summed E-state index contributed by atoms with van der Waals surface area (Å²) in [5.74, 6) is 1.62. The van der Waals surface area contributed by atoms with Gasteiger partial charge in [-0.15, -0.1) is 10.2 Å². The van der Waals surface area contributed by atoms with Crippen molar-refractivity contribution in [3.63, 3.8) is 0 Å². The molecule has 8 heteroatoms. The number of benzene rings is 1. The second kappa shape index (κ2) is 10.4. The van der Waals surface area contributed by atoms with E-state index in [2.05, 4.69) is 53.2 Å². The highest BCUT2D eigenvalue weighted by molar-refractivity contribution is 8.00. The molecular formula is C22H30N5O2S+. The number of quaternary nitrogens is 1. The number of aromatic nitrogens is 3. The molecule has 160 valence electrons. The van der Waals surface area contributed by atoms with E-state index in [0.29, 0.717) is 13.1 Å². The summed E-state index contributed by atoms with van der Waals surface area (Å²) in [6, 6.07) is 14.2. The summed E-state index contributed by atoms with van der Waals surface area (Å²) in [7, 11) is 4.26. The van der Waals surface area contributed by atoms with Gasteiger partial charge in [0.25, 0.3) is 0 Å². The Hall–Kier alpha value is -2.58. The normalized spacial score (nSPS) is 13.4. The van der Waals surface area contributed by atoms with Crippen LogP contribution in [0.3, 0.4) is 0 Å². The summed E-state index contributed by atoms with van der Waals surface area (Å²) < 4.78 is 7.43. The fourth-order valence-electron chi connectivity index (χ4n) is 3.35. The van der Waals surface area contributed by atoms with Gasteiger partial charge in [-0.2, -0.15) is 0 Å². The Morgan fingerprint density at radius 1 is 1.20 bits per heavy atom. The lowest BCUT2D eigenvalue weighted by Crippen LogP contribution is -3.06. The topological polar surface area (TPSA) is 77.4 Å². The van der Waals surface area contributed by atoms with Crippen molar-refractivity contribution in [3.8, 4) is 0 Å². The first-order valence-electron chi connectivity index (χ1n) is 10.2. The van der Waals surface area contributed by atoms with Crippen molar-refractivity contribution in [1.29, 1.82) is 0 Å². The third kappa shape index (κ3) is 5.52. The van der Waals surface area contributed by atoms with Gasteiger partial charge in [0, 0.05) is 6.42 Å². The number of rotatable bonds is 10. The third-order valence-electron chi connectivity index (χ3n) is 5.01. The lowest BCUT2D eigenvalue weighted by Gasteiger charge is -2.21. The number of amides is 1. The Bertz CT molecular complexity index is 924. The quantitative estimate of drug-likeness (QED) is 0.485. The molecule has 0 spiro atoms. The van der Waals surface area contributed by atoms with Crippen LogP contribution in [0.5, 0.6) is 0 Å².